The lowest BCUT2D eigenvalue weighted by atomic mass is 10.2. The maximum Gasteiger partial charge on any atom is 0.0484 e. The molecule has 3 aromatic rings. The molecule has 0 saturated heterocycles. The van der Waals surface area contributed by atoms with Crippen LogP contribution in [0, 0.1) is 0 Å². The number of rotatable bonds is 2. The third-order valence-electron chi connectivity index (χ3n) is 2.97. The predicted molar refractivity (Wildman–Crippen MR) is 80.2 cm³/mol. The number of benzene rings is 2. The number of fused-ring (bicyclic) bond motifs is 1. The van der Waals surface area contributed by atoms with Gasteiger partial charge in [0.2, 0.25) is 0 Å². The highest BCUT2D eigenvalue weighted by atomic mass is 79.9. The summed E-state index contributed by atoms with van der Waals surface area (Å²) in [5.41, 5.74) is 2.48. The Morgan fingerprint density at radius 1 is 1.06 bits per heavy atom. The molecule has 3 rings (SSSR count). The van der Waals surface area contributed by atoms with E-state index in [0.29, 0.717) is 0 Å². The lowest BCUT2D eigenvalue weighted by Gasteiger charge is -2.06. The van der Waals surface area contributed by atoms with Crippen LogP contribution in [0.25, 0.3) is 10.9 Å². The van der Waals surface area contributed by atoms with Crippen LogP contribution in [0.2, 0.25) is 5.02 Å². The summed E-state index contributed by atoms with van der Waals surface area (Å²) in [5, 5.41) is 1.96. The molecule has 0 unspecified atom stereocenters. The van der Waals surface area contributed by atoms with E-state index in [9.17, 15) is 0 Å². The van der Waals surface area contributed by atoms with E-state index in [-0.39, 0.29) is 0 Å². The second kappa shape index (κ2) is 4.79. The Bertz CT molecular complexity index is 703. The van der Waals surface area contributed by atoms with Gasteiger partial charge in [-0.05, 0) is 42.0 Å². The molecule has 1 heterocycles. The summed E-state index contributed by atoms with van der Waals surface area (Å²) in [5.74, 6) is 0. The zero-order valence-corrected chi connectivity index (χ0v) is 11.9. The zero-order valence-electron chi connectivity index (χ0n) is 9.61. The highest BCUT2D eigenvalue weighted by Crippen LogP contribution is 2.22. The minimum absolute atomic E-state index is 0.780. The van der Waals surface area contributed by atoms with Crippen LogP contribution in [0.3, 0.4) is 0 Å². The van der Waals surface area contributed by atoms with Crippen molar-refractivity contribution in [2.45, 2.75) is 6.54 Å². The maximum absolute atomic E-state index is 5.99. The van der Waals surface area contributed by atoms with Crippen molar-refractivity contribution in [1.82, 2.24) is 4.57 Å². The van der Waals surface area contributed by atoms with Gasteiger partial charge in [-0.15, -0.1) is 0 Å². The van der Waals surface area contributed by atoms with Crippen LogP contribution in [0.4, 0.5) is 0 Å². The second-order valence-corrected chi connectivity index (χ2v) is 5.63. The van der Waals surface area contributed by atoms with Gasteiger partial charge < -0.3 is 4.57 Å². The molecule has 3 heteroatoms. The molecule has 0 N–H and O–H groups in total. The maximum atomic E-state index is 5.99. The van der Waals surface area contributed by atoms with E-state index in [1.165, 1.54) is 16.5 Å². The standard InChI is InChI=1S/C15H11BrClN/c16-13-3-1-2-11(8-13)10-18-7-6-12-9-14(17)4-5-15(12)18/h1-9H,10H2. The molecule has 0 spiro atoms. The topological polar surface area (TPSA) is 4.93 Å². The molecule has 1 nitrogen and oxygen atoms in total. The summed E-state index contributed by atoms with van der Waals surface area (Å²) in [6.07, 6.45) is 2.10. The van der Waals surface area contributed by atoms with Gasteiger partial charge in [-0.25, -0.2) is 0 Å². The van der Waals surface area contributed by atoms with Gasteiger partial charge in [0.25, 0.3) is 0 Å². The smallest absolute Gasteiger partial charge is 0.0484 e. The van der Waals surface area contributed by atoms with Crippen LogP contribution in [0.1, 0.15) is 5.56 Å². The molecular weight excluding hydrogens is 310 g/mol. The van der Waals surface area contributed by atoms with Crippen molar-refractivity contribution in [3.8, 4) is 0 Å². The minimum Gasteiger partial charge on any atom is -0.343 e. The van der Waals surface area contributed by atoms with Crippen LogP contribution in [0.15, 0.2) is 59.2 Å². The Kier molecular flexibility index (Phi) is 3.14. The van der Waals surface area contributed by atoms with E-state index in [0.717, 1.165) is 16.0 Å². The Morgan fingerprint density at radius 3 is 2.78 bits per heavy atom. The van der Waals surface area contributed by atoms with Crippen LogP contribution in [0.5, 0.6) is 0 Å². The van der Waals surface area contributed by atoms with Gasteiger partial charge in [-0.2, -0.15) is 0 Å². The number of hydrogen-bond acceptors (Lipinski definition) is 0. The predicted octanol–water partition coefficient (Wildman–Crippen LogP) is 5.11. The molecule has 18 heavy (non-hydrogen) atoms. The van der Waals surface area contributed by atoms with E-state index in [1.54, 1.807) is 0 Å². The molecule has 0 amide bonds. The van der Waals surface area contributed by atoms with Gasteiger partial charge >= 0.3 is 0 Å². The zero-order chi connectivity index (χ0) is 12.5. The lowest BCUT2D eigenvalue weighted by molar-refractivity contribution is 0.836. The average molecular weight is 321 g/mol. The fraction of sp³-hybridized carbons (Fsp3) is 0.0667. The third-order valence-corrected chi connectivity index (χ3v) is 3.70. The third kappa shape index (κ3) is 2.31. The molecule has 0 bridgehead atoms. The average Bonchev–Trinajstić information content (AvgIpc) is 2.72. The summed E-state index contributed by atoms with van der Waals surface area (Å²) in [6, 6.07) is 16.5. The first-order valence-electron chi connectivity index (χ1n) is 5.71. The molecule has 90 valence electrons. The van der Waals surface area contributed by atoms with Crippen LogP contribution in [-0.4, -0.2) is 4.57 Å². The van der Waals surface area contributed by atoms with Crippen molar-refractivity contribution in [3.05, 3.63) is 69.8 Å². The highest BCUT2D eigenvalue weighted by Gasteiger charge is 2.02. The lowest BCUT2D eigenvalue weighted by Crippen LogP contribution is -1.97. The molecular formula is C15H11BrClN. The van der Waals surface area contributed by atoms with Crippen LogP contribution in [-0.2, 0) is 6.54 Å². The molecule has 0 aliphatic rings. The summed E-state index contributed by atoms with van der Waals surface area (Å²) >= 11 is 9.49. The second-order valence-electron chi connectivity index (χ2n) is 4.28. The molecule has 0 radical (unpaired) electrons. The van der Waals surface area contributed by atoms with Crippen LogP contribution < -0.4 is 0 Å². The largest absolute Gasteiger partial charge is 0.343 e. The summed E-state index contributed by atoms with van der Waals surface area (Å²) in [7, 11) is 0. The SMILES string of the molecule is Clc1ccc2c(ccn2Cc2cccc(Br)c2)c1. The Morgan fingerprint density at radius 2 is 1.94 bits per heavy atom. The van der Waals surface area contributed by atoms with E-state index < -0.39 is 0 Å². The van der Waals surface area contributed by atoms with Gasteiger partial charge in [-0.1, -0.05) is 39.7 Å². The molecule has 1 aromatic heterocycles. The van der Waals surface area contributed by atoms with E-state index in [1.807, 2.05) is 18.2 Å². The van der Waals surface area contributed by atoms with Crippen molar-refractivity contribution in [3.63, 3.8) is 0 Å². The first kappa shape index (κ1) is 11.8. The van der Waals surface area contributed by atoms with Gasteiger partial charge in [0.05, 0.1) is 0 Å². The monoisotopic (exact) mass is 319 g/mol. The van der Waals surface area contributed by atoms with Gasteiger partial charge in [0, 0.05) is 33.1 Å². The van der Waals surface area contributed by atoms with E-state index >= 15 is 0 Å². The van der Waals surface area contributed by atoms with Gasteiger partial charge in [-0.3, -0.25) is 0 Å². The quantitative estimate of drug-likeness (QED) is 0.618. The molecule has 0 aliphatic carbocycles. The van der Waals surface area contributed by atoms with Crippen molar-refractivity contribution in [2.24, 2.45) is 0 Å². The van der Waals surface area contributed by atoms with E-state index in [2.05, 4.69) is 57.0 Å². The van der Waals surface area contributed by atoms with Crippen molar-refractivity contribution < 1.29 is 0 Å². The Hall–Kier alpha value is -1.25. The van der Waals surface area contributed by atoms with Gasteiger partial charge in [0.1, 0.15) is 0 Å². The fourth-order valence-corrected chi connectivity index (χ4v) is 2.77. The number of nitrogens with zero attached hydrogens (tertiary/aromatic N) is 1. The molecule has 0 saturated carbocycles. The minimum atomic E-state index is 0.780. The Labute approximate surface area is 119 Å². The van der Waals surface area contributed by atoms with Crippen molar-refractivity contribution in [2.75, 3.05) is 0 Å². The van der Waals surface area contributed by atoms with Crippen molar-refractivity contribution in [1.29, 1.82) is 0 Å². The summed E-state index contributed by atoms with van der Waals surface area (Å²) in [4.78, 5) is 0. The van der Waals surface area contributed by atoms with Crippen LogP contribution >= 0.6 is 27.5 Å². The molecule has 0 fully saturated rings. The fourth-order valence-electron chi connectivity index (χ4n) is 2.14. The molecule has 0 aliphatic heterocycles. The van der Waals surface area contributed by atoms with Gasteiger partial charge in [0.15, 0.2) is 0 Å². The number of hydrogen-bond donors (Lipinski definition) is 0. The first-order valence-corrected chi connectivity index (χ1v) is 6.88. The number of halogens is 2. The van der Waals surface area contributed by atoms with Crippen molar-refractivity contribution >= 4 is 38.4 Å². The summed E-state index contributed by atoms with van der Waals surface area (Å²) < 4.78 is 3.34. The summed E-state index contributed by atoms with van der Waals surface area (Å²) in [6.45, 7) is 0.866. The normalized spacial score (nSPS) is 11.0. The Balaban J connectivity index is 2.00. The molecule has 0 atom stereocenters. The molecule has 2 aromatic carbocycles. The highest BCUT2D eigenvalue weighted by molar-refractivity contribution is 9.10. The first-order chi connectivity index (χ1) is 8.72. The van der Waals surface area contributed by atoms with E-state index in [4.69, 9.17) is 11.6 Å². The number of aromatic nitrogens is 1.